The molecular weight excluding hydrogens is 920 g/mol. The molecule has 0 N–H and O–H groups in total. The van der Waals surface area contributed by atoms with Crippen LogP contribution in [0.2, 0.25) is 0 Å². The van der Waals surface area contributed by atoms with E-state index in [1.165, 1.54) is 0 Å². The van der Waals surface area contributed by atoms with Crippen molar-refractivity contribution in [2.45, 2.75) is 0 Å². The van der Waals surface area contributed by atoms with Gasteiger partial charge in [-0.15, -0.1) is 0 Å². The molecule has 0 amide bonds. The molecule has 4 aromatic heterocycles. The summed E-state index contributed by atoms with van der Waals surface area (Å²) in [7, 11) is 0. The molecule has 0 aliphatic rings. The monoisotopic (exact) mass is 953 g/mol. The van der Waals surface area contributed by atoms with Crippen LogP contribution < -0.4 is 4.74 Å². The zero-order valence-corrected chi connectivity index (χ0v) is 34.3. The van der Waals surface area contributed by atoms with Crippen molar-refractivity contribution < 1.29 is 24.1 Å². The van der Waals surface area contributed by atoms with Gasteiger partial charge in [-0.1, -0.05) is 12.1 Å². The molecule has 11 aromatic rings. The Morgan fingerprint density at radius 3 is 1.73 bits per heavy atom. The fourth-order valence-electron chi connectivity index (χ4n) is 8.24. The molecule has 0 fully saturated rings. The Kier molecular flexibility index (Phi) is 8.94. The van der Waals surface area contributed by atoms with Gasteiger partial charge in [-0.2, -0.15) is 0 Å². The first-order valence-electron chi connectivity index (χ1n) is 19.7. The number of ether oxygens (including phenoxy) is 1. The van der Waals surface area contributed by atoms with E-state index in [-0.39, 0.29) is 0 Å². The quantitative estimate of drug-likeness (QED) is 0.152. The van der Waals surface area contributed by atoms with Crippen molar-refractivity contribution in [3.8, 4) is 62.3 Å². The molecule has 60 heavy (non-hydrogen) atoms. The summed E-state index contributed by atoms with van der Waals surface area (Å²) in [5.74, 6) is 2.90. The van der Waals surface area contributed by atoms with Gasteiger partial charge in [0, 0.05) is 24.2 Å². The predicted molar refractivity (Wildman–Crippen MR) is 236 cm³/mol. The molecule has 0 saturated heterocycles. The zero-order chi connectivity index (χ0) is 40.0. The summed E-state index contributed by atoms with van der Waals surface area (Å²) in [4.78, 5) is 13.7. The fraction of sp³-hybridized carbons (Fsp3) is 0. The topological polar surface area (TPSA) is 62.7 Å². The molecule has 7 aromatic carbocycles. The van der Waals surface area contributed by atoms with Gasteiger partial charge in [-0.3, -0.25) is 0 Å². The van der Waals surface area contributed by atoms with Gasteiger partial charge >= 0.3 is 294 Å². The van der Waals surface area contributed by atoms with Crippen LogP contribution in [-0.2, 0) is 19.4 Å². The van der Waals surface area contributed by atoms with Crippen molar-refractivity contribution >= 4 is 32.8 Å². The molecule has 0 bridgehead atoms. The molecule has 0 unspecified atom stereocenters. The Bertz CT molecular complexity index is 3350. The second kappa shape index (κ2) is 15.0. The first-order chi connectivity index (χ1) is 29.7. The summed E-state index contributed by atoms with van der Waals surface area (Å²) in [6.45, 7) is 0. The van der Waals surface area contributed by atoms with Crippen LogP contribution in [0.25, 0.3) is 83.7 Å². The second-order valence-corrected chi connectivity index (χ2v) is 15.5. The van der Waals surface area contributed by atoms with Crippen LogP contribution in [0, 0.1) is 3.80 Å². The Hall–Kier alpha value is -7.47. The SMILES string of the molecule is [Pt]=[c]1n(-c2cccc(Oc3ccc4c5ccccc5n(-c5ccc(-c6ncccn6)cn5)c4c3)c2)c2ccccc2n1-c1c(-c2ccccc2)cccc1-c1ccccc1. The number of imidazole rings is 1. The van der Waals surface area contributed by atoms with Crippen molar-refractivity contribution in [1.82, 2.24) is 28.7 Å². The molecule has 11 rings (SSSR count). The molecule has 0 saturated carbocycles. The third kappa shape index (κ3) is 6.19. The van der Waals surface area contributed by atoms with E-state index in [1.807, 2.05) is 36.5 Å². The van der Waals surface area contributed by atoms with Gasteiger partial charge in [-0.05, 0) is 12.1 Å². The Labute approximate surface area is 356 Å². The predicted octanol–water partition coefficient (Wildman–Crippen LogP) is 12.6. The molecule has 0 spiro atoms. The minimum atomic E-state index is 0.642. The standard InChI is InChI=1S/C52H34N6O.Pt/c1-3-14-36(15-4-1)42-21-12-22-43(37-16-5-2-6-17-37)51(42)57-35-56(47-24-9-10-25-48(47)57)39-18-11-19-40(32-39)59-41-27-28-45-44-20-7-8-23-46(44)58(49(45)33-41)50-29-26-38(34-55-50)52-53-30-13-31-54-52;/h1-34H;. The molecule has 288 valence electrons. The fourth-order valence-corrected chi connectivity index (χ4v) is 9.33. The first kappa shape index (κ1) is 35.7. The van der Waals surface area contributed by atoms with E-state index in [0.29, 0.717) is 5.82 Å². The number of benzene rings is 7. The molecular formula is C52H34N6OPt. The number of aromatic nitrogens is 6. The van der Waals surface area contributed by atoms with Gasteiger partial charge in [0.1, 0.15) is 0 Å². The Morgan fingerprint density at radius 1 is 0.417 bits per heavy atom. The summed E-state index contributed by atoms with van der Waals surface area (Å²) in [5.41, 5.74) is 11.9. The van der Waals surface area contributed by atoms with Crippen LogP contribution in [0.4, 0.5) is 0 Å². The van der Waals surface area contributed by atoms with E-state index < -0.39 is 0 Å². The van der Waals surface area contributed by atoms with Gasteiger partial charge in [0.15, 0.2) is 5.82 Å². The van der Waals surface area contributed by atoms with E-state index in [9.17, 15) is 0 Å². The number of nitrogens with zero attached hydrogens (tertiary/aromatic N) is 6. The normalized spacial score (nSPS) is 11.4. The average molecular weight is 954 g/mol. The van der Waals surface area contributed by atoms with Crippen LogP contribution >= 0.6 is 0 Å². The average Bonchev–Trinajstić information content (AvgIpc) is 3.80. The minimum absolute atomic E-state index is 0.642. The molecule has 0 aliphatic carbocycles. The number of fused-ring (bicyclic) bond motifs is 4. The molecule has 4 heterocycles. The molecule has 7 nitrogen and oxygen atoms in total. The summed E-state index contributed by atoms with van der Waals surface area (Å²) in [6.07, 6.45) is 5.31. The number of pyridine rings is 1. The van der Waals surface area contributed by atoms with Crippen LogP contribution in [0.5, 0.6) is 11.5 Å². The van der Waals surface area contributed by atoms with Crippen molar-refractivity contribution in [2.75, 3.05) is 0 Å². The molecule has 0 radical (unpaired) electrons. The summed E-state index contributed by atoms with van der Waals surface area (Å²) in [6, 6.07) is 65.4. The van der Waals surface area contributed by atoms with Gasteiger partial charge in [0.2, 0.25) is 0 Å². The summed E-state index contributed by atoms with van der Waals surface area (Å²) >= 11 is 2.49. The van der Waals surface area contributed by atoms with Crippen molar-refractivity contribution in [1.29, 1.82) is 0 Å². The van der Waals surface area contributed by atoms with Crippen molar-refractivity contribution in [3.05, 3.63) is 210 Å². The Morgan fingerprint density at radius 2 is 1.03 bits per heavy atom. The van der Waals surface area contributed by atoms with Gasteiger partial charge < -0.3 is 0 Å². The molecule has 0 atom stereocenters. The van der Waals surface area contributed by atoms with Gasteiger partial charge in [0.05, 0.1) is 0 Å². The maximum atomic E-state index is 6.74. The number of rotatable bonds is 8. The summed E-state index contributed by atoms with van der Waals surface area (Å²) in [5, 5.41) is 2.26. The molecule has 8 heteroatoms. The molecule has 0 aliphatic heterocycles. The number of hydrogen-bond acceptors (Lipinski definition) is 4. The summed E-state index contributed by atoms with van der Waals surface area (Å²) < 4.78 is 14.7. The van der Waals surface area contributed by atoms with Crippen molar-refractivity contribution in [2.24, 2.45) is 0 Å². The van der Waals surface area contributed by atoms with E-state index >= 15 is 0 Å². The van der Waals surface area contributed by atoms with E-state index in [1.54, 1.807) is 12.4 Å². The van der Waals surface area contributed by atoms with Crippen LogP contribution in [0.3, 0.4) is 0 Å². The van der Waals surface area contributed by atoms with E-state index in [2.05, 4.69) is 201 Å². The number of para-hydroxylation sites is 4. The van der Waals surface area contributed by atoms with E-state index in [0.717, 1.165) is 93.2 Å². The zero-order valence-electron chi connectivity index (χ0n) is 32.0. The van der Waals surface area contributed by atoms with Gasteiger partial charge in [-0.25, -0.2) is 9.97 Å². The third-order valence-electron chi connectivity index (χ3n) is 10.9. The second-order valence-electron chi connectivity index (χ2n) is 14.4. The van der Waals surface area contributed by atoms with Crippen molar-refractivity contribution in [3.63, 3.8) is 0 Å². The Balaban J connectivity index is 1.02. The third-order valence-corrected chi connectivity index (χ3v) is 11.9. The first-order valence-corrected chi connectivity index (χ1v) is 20.8. The van der Waals surface area contributed by atoms with E-state index in [4.69, 9.17) is 9.72 Å². The number of hydrogen-bond donors (Lipinski definition) is 0. The van der Waals surface area contributed by atoms with Crippen LogP contribution in [-0.4, -0.2) is 28.7 Å². The maximum absolute atomic E-state index is 6.74. The van der Waals surface area contributed by atoms with Crippen LogP contribution in [0.15, 0.2) is 207 Å². The van der Waals surface area contributed by atoms with Gasteiger partial charge in [0.25, 0.3) is 0 Å². The van der Waals surface area contributed by atoms with Crippen LogP contribution in [0.1, 0.15) is 0 Å².